The average molecular weight is 448 g/mol. The van der Waals surface area contributed by atoms with E-state index in [1.165, 1.54) is 18.3 Å². The van der Waals surface area contributed by atoms with Gasteiger partial charge in [-0.05, 0) is 30.5 Å². The lowest BCUT2D eigenvalue weighted by Crippen LogP contribution is -2.23. The molecule has 164 valence electrons. The van der Waals surface area contributed by atoms with Crippen molar-refractivity contribution in [2.45, 2.75) is 24.6 Å². The first-order chi connectivity index (χ1) is 15.2. The van der Waals surface area contributed by atoms with Crippen LogP contribution in [0.15, 0.2) is 46.4 Å². The van der Waals surface area contributed by atoms with Crippen LogP contribution >= 0.6 is 0 Å². The summed E-state index contributed by atoms with van der Waals surface area (Å²) in [7, 11) is 0. The molecule has 32 heavy (non-hydrogen) atoms. The molecule has 0 saturated heterocycles. The van der Waals surface area contributed by atoms with Gasteiger partial charge in [-0.15, -0.1) is 13.2 Å². The number of nitrogens with one attached hydrogen (secondary N) is 2. The van der Waals surface area contributed by atoms with Crippen molar-refractivity contribution in [2.75, 3.05) is 0 Å². The van der Waals surface area contributed by atoms with Crippen molar-refractivity contribution >= 4 is 5.65 Å². The van der Waals surface area contributed by atoms with Crippen LogP contribution in [0.3, 0.4) is 0 Å². The number of rotatable bonds is 4. The normalized spacial score (nSPS) is 18.1. The van der Waals surface area contributed by atoms with Crippen LogP contribution in [0.4, 0.5) is 17.6 Å². The number of alkyl halides is 3. The molecule has 0 bridgehead atoms. The Labute approximate surface area is 174 Å². The summed E-state index contributed by atoms with van der Waals surface area (Å²) in [6, 6.07) is 4.19. The third-order valence-electron chi connectivity index (χ3n) is 5.11. The maximum atomic E-state index is 14.2. The van der Waals surface area contributed by atoms with Gasteiger partial charge in [-0.3, -0.25) is 14.8 Å². The number of halogens is 4. The van der Waals surface area contributed by atoms with Crippen molar-refractivity contribution in [3.63, 3.8) is 0 Å². The maximum absolute atomic E-state index is 14.2. The highest BCUT2D eigenvalue weighted by molar-refractivity contribution is 5.63. The van der Waals surface area contributed by atoms with Gasteiger partial charge in [-0.2, -0.15) is 14.0 Å². The molecule has 4 aromatic rings. The first-order valence-corrected chi connectivity index (χ1v) is 9.28. The van der Waals surface area contributed by atoms with Crippen LogP contribution in [0.25, 0.3) is 16.9 Å². The Morgan fingerprint density at radius 1 is 1.12 bits per heavy atom. The summed E-state index contributed by atoms with van der Waals surface area (Å²) in [5.74, 6) is -1.50. The molecule has 1 aliphatic rings. The minimum Gasteiger partial charge on any atom is -0.404 e. The summed E-state index contributed by atoms with van der Waals surface area (Å²) in [5.41, 5.74) is 0.138. The van der Waals surface area contributed by atoms with Gasteiger partial charge >= 0.3 is 12.1 Å². The summed E-state index contributed by atoms with van der Waals surface area (Å²) < 4.78 is 56.0. The predicted octanol–water partition coefficient (Wildman–Crippen LogP) is 2.48. The van der Waals surface area contributed by atoms with E-state index in [4.69, 9.17) is 0 Å². The average Bonchev–Trinajstić information content (AvgIpc) is 3.43. The highest BCUT2D eigenvalue weighted by Gasteiger charge is 2.43. The zero-order valence-electron chi connectivity index (χ0n) is 15.9. The molecule has 1 aliphatic carbocycles. The van der Waals surface area contributed by atoms with E-state index in [1.807, 2.05) is 0 Å². The molecule has 0 aliphatic heterocycles. The number of nitrogens with zero attached hydrogens (tertiary/aromatic N) is 4. The molecular formula is C19H12F4N6O3. The van der Waals surface area contributed by atoms with Crippen molar-refractivity contribution in [2.24, 2.45) is 0 Å². The van der Waals surface area contributed by atoms with Gasteiger partial charge < -0.3 is 9.72 Å². The Hall–Kier alpha value is -4.03. The lowest BCUT2D eigenvalue weighted by Gasteiger charge is -2.09. The lowest BCUT2D eigenvalue weighted by molar-refractivity contribution is -0.274. The van der Waals surface area contributed by atoms with Crippen molar-refractivity contribution in [1.82, 2.24) is 29.5 Å². The number of aromatic amines is 2. The quantitative estimate of drug-likeness (QED) is 0.463. The molecule has 2 N–H and O–H groups in total. The number of H-pyrrole nitrogens is 2. The Balaban J connectivity index is 1.51. The highest BCUT2D eigenvalue weighted by atomic mass is 19.4. The molecule has 0 spiro atoms. The number of hydrogen-bond acceptors (Lipinski definition) is 6. The summed E-state index contributed by atoms with van der Waals surface area (Å²) in [5, 5.41) is 4.11. The number of ether oxygens (including phenoxy) is 1. The van der Waals surface area contributed by atoms with E-state index < -0.39 is 29.3 Å². The van der Waals surface area contributed by atoms with E-state index in [0.29, 0.717) is 17.7 Å². The Kier molecular flexibility index (Phi) is 4.36. The monoisotopic (exact) mass is 448 g/mol. The second-order valence-corrected chi connectivity index (χ2v) is 7.20. The number of hydrogen-bond donors (Lipinski definition) is 2. The molecule has 5 rings (SSSR count). The van der Waals surface area contributed by atoms with Gasteiger partial charge in [0.1, 0.15) is 5.75 Å². The molecular weight excluding hydrogens is 436 g/mol. The van der Waals surface area contributed by atoms with Gasteiger partial charge in [-0.1, -0.05) is 0 Å². The zero-order valence-corrected chi connectivity index (χ0v) is 15.9. The molecule has 2 atom stereocenters. The zero-order chi connectivity index (χ0) is 22.6. The van der Waals surface area contributed by atoms with Crippen LogP contribution in [0, 0.1) is 5.95 Å². The van der Waals surface area contributed by atoms with Crippen LogP contribution in [0.2, 0.25) is 0 Å². The largest absolute Gasteiger partial charge is 0.573 e. The first-order valence-electron chi connectivity index (χ1n) is 9.28. The first kappa shape index (κ1) is 19.9. The van der Waals surface area contributed by atoms with Gasteiger partial charge in [0.25, 0.3) is 5.56 Å². The Morgan fingerprint density at radius 2 is 1.94 bits per heavy atom. The lowest BCUT2D eigenvalue weighted by atomic mass is 10.1. The van der Waals surface area contributed by atoms with Crippen molar-refractivity contribution < 1.29 is 22.3 Å². The minimum absolute atomic E-state index is 0.0322. The molecule has 1 saturated carbocycles. The van der Waals surface area contributed by atoms with Crippen molar-refractivity contribution in [3.05, 3.63) is 74.8 Å². The van der Waals surface area contributed by atoms with Crippen molar-refractivity contribution in [3.8, 4) is 17.0 Å². The molecule has 0 unspecified atom stereocenters. The maximum Gasteiger partial charge on any atom is 0.573 e. The van der Waals surface area contributed by atoms with Crippen LogP contribution in [0.1, 0.15) is 29.5 Å². The third-order valence-corrected chi connectivity index (χ3v) is 5.11. The molecule has 1 fully saturated rings. The van der Waals surface area contributed by atoms with E-state index in [2.05, 4.69) is 29.8 Å². The number of aromatic nitrogens is 6. The van der Waals surface area contributed by atoms with E-state index >= 15 is 0 Å². The molecule has 4 aromatic heterocycles. The smallest absolute Gasteiger partial charge is 0.404 e. The number of pyridine rings is 1. The van der Waals surface area contributed by atoms with E-state index in [-0.39, 0.29) is 28.7 Å². The summed E-state index contributed by atoms with van der Waals surface area (Å²) in [4.78, 5) is 36.0. The van der Waals surface area contributed by atoms with E-state index in [0.717, 1.165) is 16.9 Å². The molecule has 13 heteroatoms. The summed E-state index contributed by atoms with van der Waals surface area (Å²) >= 11 is 0. The number of fused-ring (bicyclic) bond motifs is 1. The SMILES string of the molecule is O=c1[nH]cc(-c2cc([C@H]3C[C@@H]3c3ccc(OC(F)(F)F)cn3)c3ncc(F)n3n2)c(=O)[nH]1. The molecule has 4 heterocycles. The minimum atomic E-state index is -4.81. The fraction of sp³-hybridized carbons (Fsp3) is 0.211. The fourth-order valence-electron chi connectivity index (χ4n) is 3.64. The Bertz CT molecular complexity index is 1440. The molecule has 0 radical (unpaired) electrons. The van der Waals surface area contributed by atoms with Crippen LogP contribution in [-0.2, 0) is 0 Å². The Morgan fingerprint density at radius 3 is 2.62 bits per heavy atom. The van der Waals surface area contributed by atoms with Gasteiger partial charge in [0.15, 0.2) is 5.65 Å². The third kappa shape index (κ3) is 3.61. The van der Waals surface area contributed by atoms with Crippen molar-refractivity contribution in [1.29, 1.82) is 0 Å². The molecule has 0 amide bonds. The van der Waals surface area contributed by atoms with E-state index in [1.54, 1.807) is 6.07 Å². The summed E-state index contributed by atoms with van der Waals surface area (Å²) in [6.07, 6.45) is -1.07. The second-order valence-electron chi connectivity index (χ2n) is 7.20. The topological polar surface area (TPSA) is 118 Å². The number of imidazole rings is 1. The van der Waals surface area contributed by atoms with Gasteiger partial charge in [0.05, 0.1) is 23.7 Å². The summed E-state index contributed by atoms with van der Waals surface area (Å²) in [6.45, 7) is 0. The molecule has 0 aromatic carbocycles. The molecule has 9 nitrogen and oxygen atoms in total. The van der Waals surface area contributed by atoms with Gasteiger partial charge in [-0.25, -0.2) is 9.78 Å². The standard InChI is InChI=1S/C19H12F4N6O3/c20-15-7-25-16-11(4-14(28-29(15)16)12-6-26-18(31)27-17(12)30)9-3-10(9)13-2-1-8(5-24-13)32-19(21,22)23/h1-2,4-7,9-10H,3H2,(H2,26,27,30,31)/t9-,10-/m0/s1. The van der Waals surface area contributed by atoms with Crippen LogP contribution in [-0.4, -0.2) is 35.9 Å². The van der Waals surface area contributed by atoms with E-state index in [9.17, 15) is 27.2 Å². The van der Waals surface area contributed by atoms with Crippen LogP contribution in [0.5, 0.6) is 5.75 Å². The van der Waals surface area contributed by atoms with Gasteiger partial charge in [0.2, 0.25) is 5.95 Å². The predicted molar refractivity (Wildman–Crippen MR) is 101 cm³/mol. The second kappa shape index (κ2) is 7.00. The van der Waals surface area contributed by atoms with Gasteiger partial charge in [0, 0.05) is 23.4 Å². The highest BCUT2D eigenvalue weighted by Crippen LogP contribution is 2.55. The van der Waals surface area contributed by atoms with Crippen LogP contribution < -0.4 is 16.0 Å². The fourth-order valence-corrected chi connectivity index (χ4v) is 3.64.